The molecule has 1 amide bonds. The second-order valence-corrected chi connectivity index (χ2v) is 7.77. The maximum Gasteiger partial charge on any atom is 0.248 e. The molecule has 1 unspecified atom stereocenters. The first-order valence-corrected chi connectivity index (χ1v) is 9.36. The van der Waals surface area contributed by atoms with Crippen molar-refractivity contribution < 1.29 is 22.0 Å². The Hall–Kier alpha value is -1.50. The number of rotatable bonds is 5. The van der Waals surface area contributed by atoms with Crippen LogP contribution in [-0.2, 0) is 27.0 Å². The number of aryl methyl sites for hydroxylation is 1. The molecular formula is C16H21F2NO3S. The molecular weight excluding hydrogens is 324 g/mol. The molecule has 0 aromatic heterocycles. The summed E-state index contributed by atoms with van der Waals surface area (Å²) in [5, 5.41) is 0. The molecule has 0 heterocycles. The summed E-state index contributed by atoms with van der Waals surface area (Å²) in [5.74, 6) is -5.00. The molecule has 1 fully saturated rings. The van der Waals surface area contributed by atoms with E-state index < -0.39 is 34.2 Å². The maximum atomic E-state index is 13.3. The summed E-state index contributed by atoms with van der Waals surface area (Å²) in [4.78, 5) is 12.0. The van der Waals surface area contributed by atoms with Crippen LogP contribution in [0.4, 0.5) is 8.78 Å². The monoisotopic (exact) mass is 345 g/mol. The van der Waals surface area contributed by atoms with Crippen LogP contribution >= 0.6 is 0 Å². The Morgan fingerprint density at radius 2 is 1.87 bits per heavy atom. The van der Waals surface area contributed by atoms with Gasteiger partial charge in [0.1, 0.15) is 0 Å². The van der Waals surface area contributed by atoms with Crippen molar-refractivity contribution in [3.05, 3.63) is 35.4 Å². The quantitative estimate of drug-likeness (QED) is 0.892. The van der Waals surface area contributed by atoms with Gasteiger partial charge in [-0.25, -0.2) is 17.2 Å². The van der Waals surface area contributed by atoms with E-state index >= 15 is 0 Å². The third-order valence-electron chi connectivity index (χ3n) is 4.05. The number of nitrogens with one attached hydrogen (secondary N) is 1. The molecule has 4 nitrogen and oxygen atoms in total. The molecule has 1 aliphatic carbocycles. The third kappa shape index (κ3) is 5.27. The molecule has 1 N–H and O–H groups in total. The molecule has 2 rings (SSSR count). The van der Waals surface area contributed by atoms with Gasteiger partial charge in [-0.2, -0.15) is 0 Å². The van der Waals surface area contributed by atoms with Crippen LogP contribution in [0.15, 0.2) is 24.3 Å². The number of halogens is 2. The first kappa shape index (κ1) is 17.8. The van der Waals surface area contributed by atoms with Crippen LogP contribution in [0.2, 0.25) is 0 Å². The fraction of sp³-hybridized carbons (Fsp3) is 0.562. The number of carbonyl (C=O) groups excluding carboxylic acids is 1. The summed E-state index contributed by atoms with van der Waals surface area (Å²) in [6.45, 7) is 1.99. The highest BCUT2D eigenvalue weighted by Gasteiger charge is 2.39. The Bertz CT molecular complexity index is 656. The number of alkyl halides is 2. The van der Waals surface area contributed by atoms with E-state index in [1.54, 1.807) is 12.1 Å². The molecule has 0 bridgehead atoms. The summed E-state index contributed by atoms with van der Waals surface area (Å²) >= 11 is 0. The van der Waals surface area contributed by atoms with Crippen LogP contribution in [0.25, 0.3) is 0 Å². The summed E-state index contributed by atoms with van der Waals surface area (Å²) in [6.07, 6.45) is 0.540. The minimum atomic E-state index is -3.88. The van der Waals surface area contributed by atoms with Crippen molar-refractivity contribution in [1.82, 2.24) is 4.72 Å². The first-order chi connectivity index (χ1) is 10.7. The van der Waals surface area contributed by atoms with E-state index in [1.807, 2.05) is 23.8 Å². The highest BCUT2D eigenvalue weighted by atomic mass is 32.2. The molecule has 1 saturated carbocycles. The summed E-state index contributed by atoms with van der Waals surface area (Å²) in [7, 11) is -3.88. The number of carbonyl (C=O) groups is 1. The number of sulfonamides is 1. The van der Waals surface area contributed by atoms with E-state index in [1.165, 1.54) is 0 Å². The summed E-state index contributed by atoms with van der Waals surface area (Å²) in [6, 6.07) is 7.04. The van der Waals surface area contributed by atoms with E-state index in [0.717, 1.165) is 12.0 Å². The van der Waals surface area contributed by atoms with Gasteiger partial charge in [0, 0.05) is 18.8 Å². The van der Waals surface area contributed by atoms with E-state index in [-0.39, 0.29) is 18.6 Å². The van der Waals surface area contributed by atoms with Crippen LogP contribution in [0.3, 0.4) is 0 Å². The van der Waals surface area contributed by atoms with Gasteiger partial charge in [0.25, 0.3) is 0 Å². The lowest BCUT2D eigenvalue weighted by molar-refractivity contribution is -0.130. The topological polar surface area (TPSA) is 63.2 Å². The second-order valence-electron chi connectivity index (χ2n) is 6.04. The maximum absolute atomic E-state index is 13.3. The standard InChI is InChI=1S/C16H21F2NO3S/c1-2-12-5-7-13(8-6-12)11-23(21,22)19-15(20)14-4-3-9-16(17,18)10-14/h5-8,14H,2-4,9-11H2,1H3,(H,19,20). The Labute approximate surface area is 135 Å². The highest BCUT2D eigenvalue weighted by Crippen LogP contribution is 2.36. The molecule has 128 valence electrons. The Morgan fingerprint density at radius 1 is 1.26 bits per heavy atom. The van der Waals surface area contributed by atoms with Crippen LogP contribution in [0.5, 0.6) is 0 Å². The lowest BCUT2D eigenvalue weighted by atomic mass is 9.86. The molecule has 1 aliphatic rings. The molecule has 1 aromatic rings. The SMILES string of the molecule is CCc1ccc(CS(=O)(=O)NC(=O)C2CCCC(F)(F)C2)cc1. The van der Waals surface area contributed by atoms with Gasteiger partial charge in [0.2, 0.25) is 21.9 Å². The van der Waals surface area contributed by atoms with Crippen molar-refractivity contribution in [1.29, 1.82) is 0 Å². The van der Waals surface area contributed by atoms with Gasteiger partial charge in [0.15, 0.2) is 0 Å². The largest absolute Gasteiger partial charge is 0.274 e. The smallest absolute Gasteiger partial charge is 0.248 e. The molecule has 23 heavy (non-hydrogen) atoms. The van der Waals surface area contributed by atoms with Crippen molar-refractivity contribution in [3.63, 3.8) is 0 Å². The van der Waals surface area contributed by atoms with E-state index in [4.69, 9.17) is 0 Å². The molecule has 1 atom stereocenters. The molecule has 7 heteroatoms. The van der Waals surface area contributed by atoms with Crippen molar-refractivity contribution in [2.45, 2.75) is 50.7 Å². The molecule has 0 spiro atoms. The average Bonchev–Trinajstić information content (AvgIpc) is 2.46. The van der Waals surface area contributed by atoms with Gasteiger partial charge in [-0.1, -0.05) is 31.2 Å². The fourth-order valence-electron chi connectivity index (χ4n) is 2.76. The Kier molecular flexibility index (Phi) is 5.39. The van der Waals surface area contributed by atoms with Crippen molar-refractivity contribution in [2.75, 3.05) is 0 Å². The van der Waals surface area contributed by atoms with Gasteiger partial charge < -0.3 is 0 Å². The number of hydrogen-bond acceptors (Lipinski definition) is 3. The fourth-order valence-corrected chi connectivity index (χ4v) is 3.94. The van der Waals surface area contributed by atoms with Gasteiger partial charge in [-0.15, -0.1) is 0 Å². The first-order valence-electron chi connectivity index (χ1n) is 7.71. The minimum Gasteiger partial charge on any atom is -0.274 e. The molecule has 0 aliphatic heterocycles. The lowest BCUT2D eigenvalue weighted by Gasteiger charge is -2.27. The zero-order valence-corrected chi connectivity index (χ0v) is 13.8. The predicted molar refractivity (Wildman–Crippen MR) is 83.5 cm³/mol. The number of benzene rings is 1. The van der Waals surface area contributed by atoms with E-state index in [9.17, 15) is 22.0 Å². The van der Waals surface area contributed by atoms with Crippen molar-refractivity contribution in [3.8, 4) is 0 Å². The minimum absolute atomic E-state index is 0.226. The zero-order valence-electron chi connectivity index (χ0n) is 13.0. The van der Waals surface area contributed by atoms with Crippen LogP contribution < -0.4 is 4.72 Å². The van der Waals surface area contributed by atoms with Crippen molar-refractivity contribution in [2.24, 2.45) is 5.92 Å². The highest BCUT2D eigenvalue weighted by molar-refractivity contribution is 7.89. The molecule has 0 radical (unpaired) electrons. The van der Waals surface area contributed by atoms with Crippen LogP contribution in [-0.4, -0.2) is 20.2 Å². The van der Waals surface area contributed by atoms with Crippen LogP contribution in [0, 0.1) is 5.92 Å². The van der Waals surface area contributed by atoms with Crippen LogP contribution in [0.1, 0.15) is 43.7 Å². The predicted octanol–water partition coefficient (Wildman–Crippen LogP) is 3.02. The van der Waals surface area contributed by atoms with E-state index in [2.05, 4.69) is 0 Å². The normalized spacial score (nSPS) is 20.9. The van der Waals surface area contributed by atoms with Gasteiger partial charge in [-0.3, -0.25) is 9.52 Å². The summed E-state index contributed by atoms with van der Waals surface area (Å²) in [5.41, 5.74) is 1.64. The second kappa shape index (κ2) is 6.95. The van der Waals surface area contributed by atoms with Crippen molar-refractivity contribution >= 4 is 15.9 Å². The number of amides is 1. The third-order valence-corrected chi connectivity index (χ3v) is 5.28. The lowest BCUT2D eigenvalue weighted by Crippen LogP contribution is -2.40. The zero-order chi connectivity index (χ0) is 17.1. The van der Waals surface area contributed by atoms with Gasteiger partial charge in [-0.05, 0) is 30.4 Å². The summed E-state index contributed by atoms with van der Waals surface area (Å²) < 4.78 is 52.7. The average molecular weight is 345 g/mol. The number of hydrogen-bond donors (Lipinski definition) is 1. The van der Waals surface area contributed by atoms with E-state index in [0.29, 0.717) is 12.0 Å². The molecule has 1 aromatic carbocycles. The molecule has 0 saturated heterocycles. The Balaban J connectivity index is 1.98. The van der Waals surface area contributed by atoms with Gasteiger partial charge >= 0.3 is 0 Å². The Morgan fingerprint density at radius 3 is 2.43 bits per heavy atom. The van der Waals surface area contributed by atoms with Gasteiger partial charge in [0.05, 0.1) is 5.75 Å².